The van der Waals surface area contributed by atoms with E-state index >= 15 is 0 Å². The number of likely N-dealkylation sites (tertiary alicyclic amines) is 1. The van der Waals surface area contributed by atoms with Gasteiger partial charge in [-0.25, -0.2) is 0 Å². The van der Waals surface area contributed by atoms with Crippen LogP contribution in [0.1, 0.15) is 24.8 Å². The van der Waals surface area contributed by atoms with Crippen molar-refractivity contribution in [1.29, 1.82) is 0 Å². The molecule has 0 saturated carbocycles. The number of rotatable bonds is 4. The first kappa shape index (κ1) is 16.1. The number of carbonyl (C=O) groups is 1. The number of carbonyl (C=O) groups excluding carboxylic acids is 1. The molecule has 0 bridgehead atoms. The lowest BCUT2D eigenvalue weighted by molar-refractivity contribution is -0.152. The third-order valence-electron chi connectivity index (χ3n) is 4.20. The normalized spacial score (nSPS) is 20.0. The maximum atomic E-state index is 12.3. The summed E-state index contributed by atoms with van der Waals surface area (Å²) < 4.78 is 11.3. The molecule has 2 aliphatic rings. The van der Waals surface area contributed by atoms with Crippen molar-refractivity contribution in [1.82, 2.24) is 4.90 Å². The van der Waals surface area contributed by atoms with Crippen LogP contribution in [0.2, 0.25) is 10.0 Å². The molecule has 0 atom stereocenters. The molecular formula is C16H19Cl2NO3. The number of amides is 1. The molecule has 2 saturated heterocycles. The van der Waals surface area contributed by atoms with E-state index in [9.17, 15) is 4.79 Å². The van der Waals surface area contributed by atoms with Crippen LogP contribution in [0, 0.1) is 0 Å². The van der Waals surface area contributed by atoms with Gasteiger partial charge in [0, 0.05) is 19.4 Å². The number of benzene rings is 1. The number of aryl methyl sites for hydroxylation is 1. The second-order valence-electron chi connectivity index (χ2n) is 5.77. The molecule has 0 unspecified atom stereocenters. The molecule has 1 aromatic rings. The van der Waals surface area contributed by atoms with Crippen molar-refractivity contribution in [2.24, 2.45) is 0 Å². The van der Waals surface area contributed by atoms with Crippen molar-refractivity contribution >= 4 is 29.1 Å². The van der Waals surface area contributed by atoms with E-state index in [1.165, 1.54) is 0 Å². The third kappa shape index (κ3) is 3.57. The number of nitrogens with zero attached hydrogens (tertiary/aromatic N) is 1. The molecule has 4 nitrogen and oxygen atoms in total. The number of hydrogen-bond donors (Lipinski definition) is 0. The highest BCUT2D eigenvalue weighted by molar-refractivity contribution is 6.42. The quantitative estimate of drug-likeness (QED) is 0.841. The summed E-state index contributed by atoms with van der Waals surface area (Å²) in [6, 6.07) is 5.60. The molecule has 0 aliphatic carbocycles. The number of ether oxygens (including phenoxy) is 2. The molecule has 1 spiro atoms. The Hall–Kier alpha value is -0.810. The summed E-state index contributed by atoms with van der Waals surface area (Å²) in [6.45, 7) is 2.52. The highest BCUT2D eigenvalue weighted by Gasteiger charge is 2.44. The fraction of sp³-hybridized carbons (Fsp3) is 0.562. The molecule has 0 radical (unpaired) electrons. The second kappa shape index (κ2) is 6.75. The largest absolute Gasteiger partial charge is 0.346 e. The van der Waals surface area contributed by atoms with Gasteiger partial charge in [-0.15, -0.1) is 0 Å². The first-order valence-corrected chi connectivity index (χ1v) is 8.33. The summed E-state index contributed by atoms with van der Waals surface area (Å²) in [5.74, 6) is -0.365. The Morgan fingerprint density at radius 3 is 2.73 bits per heavy atom. The van der Waals surface area contributed by atoms with Gasteiger partial charge in [0.1, 0.15) is 0 Å². The molecule has 1 amide bonds. The molecule has 1 aromatic carbocycles. The smallest absolute Gasteiger partial charge is 0.222 e. The van der Waals surface area contributed by atoms with Crippen LogP contribution in [-0.2, 0) is 20.7 Å². The monoisotopic (exact) mass is 343 g/mol. The zero-order valence-corrected chi connectivity index (χ0v) is 13.8. The third-order valence-corrected chi connectivity index (χ3v) is 4.94. The maximum Gasteiger partial charge on any atom is 0.222 e. The first-order valence-electron chi connectivity index (χ1n) is 7.58. The van der Waals surface area contributed by atoms with Gasteiger partial charge in [-0.3, -0.25) is 4.79 Å². The Bertz CT molecular complexity index is 558. The predicted molar refractivity (Wildman–Crippen MR) is 85.2 cm³/mol. The van der Waals surface area contributed by atoms with Crippen molar-refractivity contribution < 1.29 is 14.3 Å². The van der Waals surface area contributed by atoms with Crippen molar-refractivity contribution in [3.63, 3.8) is 0 Å². The van der Waals surface area contributed by atoms with Crippen LogP contribution in [0.15, 0.2) is 18.2 Å². The standard InChI is InChI=1S/C16H19Cl2NO3/c17-13-5-4-12(10-14(13)18)2-1-3-15(20)19-7-6-16(11-19)21-8-9-22-16/h4-5,10H,1-3,6-9,11H2. The van der Waals surface area contributed by atoms with Crippen LogP contribution in [-0.4, -0.2) is 42.9 Å². The summed E-state index contributed by atoms with van der Waals surface area (Å²) >= 11 is 11.9. The lowest BCUT2D eigenvalue weighted by Gasteiger charge is -2.22. The highest BCUT2D eigenvalue weighted by Crippen LogP contribution is 2.31. The van der Waals surface area contributed by atoms with Gasteiger partial charge in [0.15, 0.2) is 5.79 Å². The van der Waals surface area contributed by atoms with Gasteiger partial charge in [0.2, 0.25) is 5.91 Å². The van der Waals surface area contributed by atoms with Crippen LogP contribution in [0.25, 0.3) is 0 Å². The van der Waals surface area contributed by atoms with Gasteiger partial charge in [-0.1, -0.05) is 29.3 Å². The number of hydrogen-bond acceptors (Lipinski definition) is 3. The molecule has 0 N–H and O–H groups in total. The molecule has 120 valence electrons. The fourth-order valence-corrected chi connectivity index (χ4v) is 3.32. The van der Waals surface area contributed by atoms with Crippen LogP contribution in [0.3, 0.4) is 0 Å². The van der Waals surface area contributed by atoms with E-state index in [-0.39, 0.29) is 5.91 Å². The van der Waals surface area contributed by atoms with Gasteiger partial charge < -0.3 is 14.4 Å². The zero-order valence-electron chi connectivity index (χ0n) is 12.3. The first-order chi connectivity index (χ1) is 10.6. The number of halogens is 2. The molecule has 2 aliphatic heterocycles. The summed E-state index contributed by atoms with van der Waals surface area (Å²) in [6.07, 6.45) is 2.90. The van der Waals surface area contributed by atoms with E-state index in [4.69, 9.17) is 32.7 Å². The Balaban J connectivity index is 1.45. The molecule has 6 heteroatoms. The topological polar surface area (TPSA) is 38.8 Å². The molecule has 22 heavy (non-hydrogen) atoms. The van der Waals surface area contributed by atoms with Crippen molar-refractivity contribution in [2.75, 3.05) is 26.3 Å². The van der Waals surface area contributed by atoms with E-state index in [1.54, 1.807) is 6.07 Å². The summed E-state index contributed by atoms with van der Waals surface area (Å²) in [4.78, 5) is 14.1. The summed E-state index contributed by atoms with van der Waals surface area (Å²) in [5, 5.41) is 1.11. The average Bonchev–Trinajstić information content (AvgIpc) is 3.13. The molecule has 2 heterocycles. The highest BCUT2D eigenvalue weighted by atomic mass is 35.5. The van der Waals surface area contributed by atoms with Crippen LogP contribution < -0.4 is 0 Å². The Morgan fingerprint density at radius 2 is 2.00 bits per heavy atom. The summed E-state index contributed by atoms with van der Waals surface area (Å²) in [5.41, 5.74) is 1.10. The van der Waals surface area contributed by atoms with E-state index in [0.717, 1.165) is 24.8 Å². The molecule has 0 aromatic heterocycles. The Morgan fingerprint density at radius 1 is 1.23 bits per heavy atom. The van der Waals surface area contributed by atoms with E-state index < -0.39 is 5.79 Å². The van der Waals surface area contributed by atoms with Gasteiger partial charge >= 0.3 is 0 Å². The molecule has 3 rings (SSSR count). The zero-order chi connectivity index (χ0) is 15.6. The second-order valence-corrected chi connectivity index (χ2v) is 6.59. The van der Waals surface area contributed by atoms with E-state index in [0.29, 0.717) is 42.8 Å². The van der Waals surface area contributed by atoms with E-state index in [2.05, 4.69) is 0 Å². The van der Waals surface area contributed by atoms with Gasteiger partial charge in [0.05, 0.1) is 29.8 Å². The van der Waals surface area contributed by atoms with Crippen LogP contribution >= 0.6 is 23.2 Å². The minimum atomic E-state index is -0.528. The van der Waals surface area contributed by atoms with Crippen LogP contribution in [0.5, 0.6) is 0 Å². The van der Waals surface area contributed by atoms with Gasteiger partial charge in [-0.2, -0.15) is 0 Å². The van der Waals surface area contributed by atoms with Crippen molar-refractivity contribution in [2.45, 2.75) is 31.5 Å². The van der Waals surface area contributed by atoms with Gasteiger partial charge in [0.25, 0.3) is 0 Å². The SMILES string of the molecule is O=C(CCCc1ccc(Cl)c(Cl)c1)N1CCC2(C1)OCCO2. The van der Waals surface area contributed by atoms with Crippen molar-refractivity contribution in [3.8, 4) is 0 Å². The lowest BCUT2D eigenvalue weighted by atomic mass is 10.1. The fourth-order valence-electron chi connectivity index (χ4n) is 3.00. The minimum Gasteiger partial charge on any atom is -0.346 e. The average molecular weight is 344 g/mol. The molecule has 2 fully saturated rings. The Kier molecular flexibility index (Phi) is 4.93. The minimum absolute atomic E-state index is 0.163. The van der Waals surface area contributed by atoms with Gasteiger partial charge in [-0.05, 0) is 30.5 Å². The van der Waals surface area contributed by atoms with Crippen LogP contribution in [0.4, 0.5) is 0 Å². The maximum absolute atomic E-state index is 12.3. The predicted octanol–water partition coefficient (Wildman–Crippen LogP) is 3.29. The Labute approximate surface area is 140 Å². The van der Waals surface area contributed by atoms with Crippen molar-refractivity contribution in [3.05, 3.63) is 33.8 Å². The molecular weight excluding hydrogens is 325 g/mol. The lowest BCUT2D eigenvalue weighted by Crippen LogP contribution is -2.36. The van der Waals surface area contributed by atoms with E-state index in [1.807, 2.05) is 17.0 Å². The summed E-state index contributed by atoms with van der Waals surface area (Å²) in [7, 11) is 0.